The largest absolute Gasteiger partial charge is 0.366 e. The molecule has 1 aliphatic rings. The zero-order chi connectivity index (χ0) is 10.7. The van der Waals surface area contributed by atoms with Crippen LogP contribution in [-0.4, -0.2) is 11.7 Å². The fourth-order valence-electron chi connectivity index (χ4n) is 1.57. The fourth-order valence-corrected chi connectivity index (χ4v) is 2.62. The van der Waals surface area contributed by atoms with Crippen molar-refractivity contribution in [3.63, 3.8) is 0 Å². The Balaban J connectivity index is 2.16. The van der Waals surface area contributed by atoms with Crippen molar-refractivity contribution in [1.29, 1.82) is 0 Å². The molecule has 0 aromatic heterocycles. The quantitative estimate of drug-likeness (QED) is 0.831. The van der Waals surface area contributed by atoms with Crippen LogP contribution < -0.4 is 5.73 Å². The Morgan fingerprint density at radius 2 is 2.07 bits per heavy atom. The Hall–Kier alpha value is -1.22. The molecule has 0 saturated carbocycles. The summed E-state index contributed by atoms with van der Waals surface area (Å²) in [6, 6.07) is 7.42. The molecule has 0 bridgehead atoms. The van der Waals surface area contributed by atoms with Crippen LogP contribution in [0.3, 0.4) is 0 Å². The van der Waals surface area contributed by atoms with E-state index in [0.29, 0.717) is 5.56 Å². The van der Waals surface area contributed by atoms with Crippen LogP contribution in [0, 0.1) is 0 Å². The zero-order valence-electron chi connectivity index (χ0n) is 8.40. The van der Waals surface area contributed by atoms with Crippen molar-refractivity contribution in [3.8, 4) is 0 Å². The average molecular weight is 219 g/mol. The standard InChI is InChI=1S/C12H13NOS/c13-12(14)10-5-3-9(4-6-10)8-11-2-1-7-15-11/h3-6,8H,1-2,7H2,(H2,13,14)/b11-8-. The van der Waals surface area contributed by atoms with Gasteiger partial charge in [0.2, 0.25) is 5.91 Å². The fraction of sp³-hybridized carbons (Fsp3) is 0.250. The molecule has 1 aromatic rings. The zero-order valence-corrected chi connectivity index (χ0v) is 9.22. The van der Waals surface area contributed by atoms with Gasteiger partial charge in [0.05, 0.1) is 0 Å². The van der Waals surface area contributed by atoms with Gasteiger partial charge in [-0.15, -0.1) is 11.8 Å². The molecule has 0 unspecified atom stereocenters. The van der Waals surface area contributed by atoms with Gasteiger partial charge in [0.15, 0.2) is 0 Å². The number of carbonyl (C=O) groups is 1. The highest BCUT2D eigenvalue weighted by atomic mass is 32.2. The predicted octanol–water partition coefficient (Wildman–Crippen LogP) is 2.65. The molecule has 0 atom stereocenters. The third kappa shape index (κ3) is 2.63. The minimum Gasteiger partial charge on any atom is -0.366 e. The lowest BCUT2D eigenvalue weighted by molar-refractivity contribution is 0.100. The first-order chi connectivity index (χ1) is 7.25. The smallest absolute Gasteiger partial charge is 0.248 e. The third-order valence-corrected chi connectivity index (χ3v) is 3.56. The van der Waals surface area contributed by atoms with E-state index in [1.165, 1.54) is 23.5 Å². The second kappa shape index (κ2) is 4.53. The number of thioether (sulfide) groups is 1. The van der Waals surface area contributed by atoms with Gasteiger partial charge in [-0.2, -0.15) is 0 Å². The summed E-state index contributed by atoms with van der Waals surface area (Å²) in [6.45, 7) is 0. The van der Waals surface area contributed by atoms with Gasteiger partial charge in [0.25, 0.3) is 0 Å². The summed E-state index contributed by atoms with van der Waals surface area (Å²) in [5.41, 5.74) is 6.88. The Labute approximate surface area is 93.6 Å². The SMILES string of the molecule is NC(=O)c1ccc(/C=C2/CCCS2)cc1. The lowest BCUT2D eigenvalue weighted by Gasteiger charge is -1.98. The molecule has 2 nitrogen and oxygen atoms in total. The van der Waals surface area contributed by atoms with Gasteiger partial charge in [-0.05, 0) is 47.3 Å². The van der Waals surface area contributed by atoms with Crippen LogP contribution in [0.4, 0.5) is 0 Å². The molecule has 1 aromatic carbocycles. The minimum atomic E-state index is -0.371. The molecule has 1 saturated heterocycles. The van der Waals surface area contributed by atoms with E-state index in [1.807, 2.05) is 23.9 Å². The summed E-state index contributed by atoms with van der Waals surface area (Å²) in [5.74, 6) is 0.856. The van der Waals surface area contributed by atoms with Crippen LogP contribution in [-0.2, 0) is 0 Å². The van der Waals surface area contributed by atoms with Crippen LogP contribution in [0.15, 0.2) is 29.2 Å². The molecule has 1 fully saturated rings. The number of nitrogens with two attached hydrogens (primary N) is 1. The Bertz CT molecular complexity index is 387. The molecule has 0 spiro atoms. The number of allylic oxidation sites excluding steroid dienone is 1. The Morgan fingerprint density at radius 1 is 1.33 bits per heavy atom. The van der Waals surface area contributed by atoms with Gasteiger partial charge in [0, 0.05) is 5.56 Å². The first-order valence-electron chi connectivity index (χ1n) is 4.99. The highest BCUT2D eigenvalue weighted by Crippen LogP contribution is 2.31. The molecule has 2 rings (SSSR count). The van der Waals surface area contributed by atoms with Crippen molar-refractivity contribution in [2.24, 2.45) is 5.73 Å². The van der Waals surface area contributed by atoms with E-state index >= 15 is 0 Å². The molecule has 0 aliphatic carbocycles. The van der Waals surface area contributed by atoms with Gasteiger partial charge in [-0.25, -0.2) is 0 Å². The summed E-state index contributed by atoms with van der Waals surface area (Å²) >= 11 is 1.92. The normalized spacial score (nSPS) is 18.3. The number of carbonyl (C=O) groups excluding carboxylic acids is 1. The van der Waals surface area contributed by atoms with Gasteiger partial charge >= 0.3 is 0 Å². The van der Waals surface area contributed by atoms with Crippen molar-refractivity contribution < 1.29 is 4.79 Å². The molecule has 1 heterocycles. The Kier molecular flexibility index (Phi) is 3.11. The van der Waals surface area contributed by atoms with Gasteiger partial charge in [0.1, 0.15) is 0 Å². The molecule has 78 valence electrons. The third-order valence-electron chi connectivity index (χ3n) is 2.38. The lowest BCUT2D eigenvalue weighted by atomic mass is 10.1. The van der Waals surface area contributed by atoms with Crippen LogP contribution in [0.5, 0.6) is 0 Å². The molecule has 15 heavy (non-hydrogen) atoms. The van der Waals surface area contributed by atoms with E-state index < -0.39 is 0 Å². The molecular formula is C12H13NOS. The van der Waals surface area contributed by atoms with E-state index in [4.69, 9.17) is 5.73 Å². The first kappa shape index (κ1) is 10.3. The summed E-state index contributed by atoms with van der Waals surface area (Å²) in [7, 11) is 0. The highest BCUT2D eigenvalue weighted by Gasteiger charge is 2.06. The maximum atomic E-state index is 10.9. The van der Waals surface area contributed by atoms with Gasteiger partial charge in [-0.3, -0.25) is 4.79 Å². The lowest BCUT2D eigenvalue weighted by Crippen LogP contribution is -2.10. The molecule has 0 radical (unpaired) electrons. The van der Waals surface area contributed by atoms with E-state index in [9.17, 15) is 4.79 Å². The van der Waals surface area contributed by atoms with Gasteiger partial charge < -0.3 is 5.73 Å². The topological polar surface area (TPSA) is 43.1 Å². The second-order valence-corrected chi connectivity index (χ2v) is 4.77. The van der Waals surface area contributed by atoms with Gasteiger partial charge in [-0.1, -0.05) is 12.1 Å². The molecule has 1 aliphatic heterocycles. The number of hydrogen-bond donors (Lipinski definition) is 1. The van der Waals surface area contributed by atoms with Crippen molar-refractivity contribution in [2.45, 2.75) is 12.8 Å². The molecular weight excluding hydrogens is 206 g/mol. The van der Waals surface area contributed by atoms with Crippen LogP contribution >= 0.6 is 11.8 Å². The summed E-state index contributed by atoms with van der Waals surface area (Å²) in [6.07, 6.45) is 4.64. The monoisotopic (exact) mass is 219 g/mol. The number of hydrogen-bond acceptors (Lipinski definition) is 2. The average Bonchev–Trinajstić information content (AvgIpc) is 2.71. The number of amides is 1. The summed E-state index contributed by atoms with van der Waals surface area (Å²) in [4.78, 5) is 12.3. The van der Waals surface area contributed by atoms with E-state index in [0.717, 1.165) is 5.56 Å². The van der Waals surface area contributed by atoms with Crippen molar-refractivity contribution in [3.05, 3.63) is 40.3 Å². The van der Waals surface area contributed by atoms with Crippen LogP contribution in [0.25, 0.3) is 6.08 Å². The summed E-state index contributed by atoms with van der Waals surface area (Å²) in [5, 5.41) is 0. The molecule has 1 amide bonds. The van der Waals surface area contributed by atoms with Crippen molar-refractivity contribution >= 4 is 23.7 Å². The molecule has 2 N–H and O–H groups in total. The van der Waals surface area contributed by atoms with Crippen LogP contribution in [0.1, 0.15) is 28.8 Å². The van der Waals surface area contributed by atoms with E-state index in [2.05, 4.69) is 6.08 Å². The Morgan fingerprint density at radius 3 is 2.60 bits per heavy atom. The minimum absolute atomic E-state index is 0.371. The van der Waals surface area contributed by atoms with E-state index in [-0.39, 0.29) is 5.91 Å². The highest BCUT2D eigenvalue weighted by molar-refractivity contribution is 8.03. The second-order valence-electron chi connectivity index (χ2n) is 3.55. The summed E-state index contributed by atoms with van der Waals surface area (Å²) < 4.78 is 0. The predicted molar refractivity (Wildman–Crippen MR) is 64.6 cm³/mol. The van der Waals surface area contributed by atoms with Crippen molar-refractivity contribution in [2.75, 3.05) is 5.75 Å². The van der Waals surface area contributed by atoms with Crippen LogP contribution in [0.2, 0.25) is 0 Å². The number of benzene rings is 1. The first-order valence-corrected chi connectivity index (χ1v) is 5.97. The van der Waals surface area contributed by atoms with E-state index in [1.54, 1.807) is 12.1 Å². The van der Waals surface area contributed by atoms with Crippen molar-refractivity contribution in [1.82, 2.24) is 0 Å². The maximum absolute atomic E-state index is 10.9. The molecule has 3 heteroatoms. The number of rotatable bonds is 2. The number of primary amides is 1. The maximum Gasteiger partial charge on any atom is 0.248 e.